The largest absolute Gasteiger partial charge is 0.356 e. The smallest absolute Gasteiger partial charge is 0.193 e. The molecule has 0 aromatic carbocycles. The predicted octanol–water partition coefficient (Wildman–Crippen LogP) is 2.87. The molecule has 1 N–H and O–H groups in total. The molecule has 18 heavy (non-hydrogen) atoms. The number of nitrogens with zero attached hydrogens (tertiary/aromatic N) is 2. The van der Waals surface area contributed by atoms with E-state index in [1.165, 1.54) is 45.2 Å². The molecular formula is C15H29N3. The van der Waals surface area contributed by atoms with Gasteiger partial charge in [0.1, 0.15) is 0 Å². The third-order valence-corrected chi connectivity index (χ3v) is 4.52. The van der Waals surface area contributed by atoms with Crippen LogP contribution in [0.3, 0.4) is 0 Å². The highest BCUT2D eigenvalue weighted by Gasteiger charge is 2.43. The molecule has 3 nitrogen and oxygen atoms in total. The van der Waals surface area contributed by atoms with Crippen LogP contribution >= 0.6 is 0 Å². The molecule has 2 fully saturated rings. The Morgan fingerprint density at radius 1 is 1.28 bits per heavy atom. The van der Waals surface area contributed by atoms with Gasteiger partial charge in [0.05, 0.1) is 0 Å². The van der Waals surface area contributed by atoms with Crippen LogP contribution < -0.4 is 5.32 Å². The van der Waals surface area contributed by atoms with Gasteiger partial charge in [0, 0.05) is 26.7 Å². The minimum Gasteiger partial charge on any atom is -0.356 e. The highest BCUT2D eigenvalue weighted by Crippen LogP contribution is 2.47. The molecule has 104 valence electrons. The van der Waals surface area contributed by atoms with E-state index >= 15 is 0 Å². The van der Waals surface area contributed by atoms with E-state index in [1.54, 1.807) is 0 Å². The normalized spacial score (nSPS) is 23.3. The van der Waals surface area contributed by atoms with Crippen molar-refractivity contribution < 1.29 is 0 Å². The van der Waals surface area contributed by atoms with Crippen molar-refractivity contribution in [1.29, 1.82) is 0 Å². The Morgan fingerprint density at radius 3 is 2.44 bits per heavy atom. The van der Waals surface area contributed by atoms with E-state index in [0.717, 1.165) is 12.5 Å². The molecule has 0 atom stereocenters. The molecule has 1 saturated heterocycles. The van der Waals surface area contributed by atoms with Crippen LogP contribution in [0.25, 0.3) is 0 Å². The molecule has 1 heterocycles. The zero-order valence-corrected chi connectivity index (χ0v) is 12.6. The summed E-state index contributed by atoms with van der Waals surface area (Å²) < 4.78 is 0. The molecule has 0 radical (unpaired) electrons. The molecule has 0 aromatic heterocycles. The number of hydrogen-bond donors (Lipinski definition) is 1. The van der Waals surface area contributed by atoms with E-state index < -0.39 is 0 Å². The fourth-order valence-corrected chi connectivity index (χ4v) is 3.08. The van der Waals surface area contributed by atoms with Gasteiger partial charge in [-0.25, -0.2) is 0 Å². The molecule has 1 saturated carbocycles. The third-order valence-electron chi connectivity index (χ3n) is 4.52. The summed E-state index contributed by atoms with van der Waals surface area (Å²) in [4.78, 5) is 6.91. The lowest BCUT2D eigenvalue weighted by molar-refractivity contribution is 0.151. The van der Waals surface area contributed by atoms with Crippen LogP contribution in [0.15, 0.2) is 4.99 Å². The molecule has 1 aliphatic carbocycles. The van der Waals surface area contributed by atoms with Crippen molar-refractivity contribution in [3.05, 3.63) is 0 Å². The van der Waals surface area contributed by atoms with Crippen molar-refractivity contribution in [2.75, 3.05) is 26.7 Å². The lowest BCUT2D eigenvalue weighted by atomic mass is 9.68. The third kappa shape index (κ3) is 3.18. The van der Waals surface area contributed by atoms with Crippen LogP contribution in [0.1, 0.15) is 52.9 Å². The molecule has 1 aliphatic heterocycles. The van der Waals surface area contributed by atoms with Gasteiger partial charge >= 0.3 is 0 Å². The summed E-state index contributed by atoms with van der Waals surface area (Å²) >= 11 is 0. The van der Waals surface area contributed by atoms with Crippen LogP contribution in [0, 0.1) is 10.8 Å². The Hall–Kier alpha value is -0.730. The number of rotatable bonds is 2. The van der Waals surface area contributed by atoms with Crippen LogP contribution in [-0.2, 0) is 0 Å². The van der Waals surface area contributed by atoms with Crippen molar-refractivity contribution in [3.63, 3.8) is 0 Å². The number of likely N-dealkylation sites (tertiary alicyclic amines) is 1. The molecule has 0 amide bonds. The van der Waals surface area contributed by atoms with Crippen molar-refractivity contribution in [2.24, 2.45) is 15.8 Å². The molecule has 2 rings (SSSR count). The highest BCUT2D eigenvalue weighted by molar-refractivity contribution is 5.80. The molecule has 2 aliphatic rings. The van der Waals surface area contributed by atoms with Crippen LogP contribution in [0.2, 0.25) is 0 Å². The number of nitrogens with one attached hydrogen (secondary N) is 1. The van der Waals surface area contributed by atoms with Gasteiger partial charge < -0.3 is 10.2 Å². The average Bonchev–Trinajstić information content (AvgIpc) is 2.67. The van der Waals surface area contributed by atoms with Crippen LogP contribution in [-0.4, -0.2) is 37.5 Å². The highest BCUT2D eigenvalue weighted by atomic mass is 15.3. The number of aliphatic imine (C=N–C) groups is 1. The van der Waals surface area contributed by atoms with Gasteiger partial charge in [-0.05, 0) is 36.5 Å². The Balaban J connectivity index is 1.79. The quantitative estimate of drug-likeness (QED) is 0.603. The van der Waals surface area contributed by atoms with Crippen LogP contribution in [0.4, 0.5) is 0 Å². The minimum atomic E-state index is 0.395. The Morgan fingerprint density at radius 2 is 2.00 bits per heavy atom. The molecule has 1 spiro atoms. The maximum absolute atomic E-state index is 4.45. The second kappa shape index (κ2) is 5.10. The summed E-state index contributed by atoms with van der Waals surface area (Å²) in [5.74, 6) is 1.11. The fraction of sp³-hybridized carbons (Fsp3) is 0.933. The van der Waals surface area contributed by atoms with Crippen molar-refractivity contribution in [2.45, 2.75) is 52.9 Å². The molecule has 0 unspecified atom stereocenters. The van der Waals surface area contributed by atoms with Crippen molar-refractivity contribution in [1.82, 2.24) is 10.2 Å². The van der Waals surface area contributed by atoms with Gasteiger partial charge in [0.15, 0.2) is 5.96 Å². The second-order valence-electron chi connectivity index (χ2n) is 7.31. The first kappa shape index (κ1) is 13.7. The Bertz CT molecular complexity index is 310. The molecule has 0 bridgehead atoms. The van der Waals surface area contributed by atoms with Gasteiger partial charge in [-0.1, -0.05) is 27.2 Å². The second-order valence-corrected chi connectivity index (χ2v) is 7.31. The first-order valence-corrected chi connectivity index (χ1v) is 7.40. The number of hydrogen-bond acceptors (Lipinski definition) is 1. The summed E-state index contributed by atoms with van der Waals surface area (Å²) in [6, 6.07) is 0. The van der Waals surface area contributed by atoms with Crippen molar-refractivity contribution >= 4 is 5.96 Å². The summed E-state index contributed by atoms with van der Waals surface area (Å²) in [7, 11) is 1.91. The Kier molecular flexibility index (Phi) is 3.88. The van der Waals surface area contributed by atoms with Gasteiger partial charge in [0.2, 0.25) is 0 Å². The van der Waals surface area contributed by atoms with Gasteiger partial charge in [0.25, 0.3) is 0 Å². The molecule has 0 aromatic rings. The zero-order valence-electron chi connectivity index (χ0n) is 12.6. The molecule has 3 heteroatoms. The van der Waals surface area contributed by atoms with Crippen molar-refractivity contribution in [3.8, 4) is 0 Å². The van der Waals surface area contributed by atoms with E-state index in [9.17, 15) is 0 Å². The predicted molar refractivity (Wildman–Crippen MR) is 77.9 cm³/mol. The Labute approximate surface area is 112 Å². The van der Waals surface area contributed by atoms with Gasteiger partial charge in [-0.15, -0.1) is 0 Å². The summed E-state index contributed by atoms with van der Waals surface area (Å²) in [5.41, 5.74) is 1.05. The van der Waals surface area contributed by atoms with E-state index in [4.69, 9.17) is 0 Å². The maximum atomic E-state index is 4.45. The van der Waals surface area contributed by atoms with Gasteiger partial charge in [-0.3, -0.25) is 4.99 Å². The zero-order chi connectivity index (χ0) is 13.2. The molecular weight excluding hydrogens is 222 g/mol. The van der Waals surface area contributed by atoms with E-state index in [0.29, 0.717) is 10.8 Å². The standard InChI is InChI=1S/C15H29N3/c1-14(2,3)8-10-17-13(16-4)18-11-9-15(12-18)6-5-7-15/h5-12H2,1-4H3,(H,16,17). The first-order valence-electron chi connectivity index (χ1n) is 7.40. The minimum absolute atomic E-state index is 0.395. The SMILES string of the molecule is CN=C(NCCC(C)(C)C)N1CCC2(CCC2)C1. The van der Waals surface area contributed by atoms with Gasteiger partial charge in [-0.2, -0.15) is 0 Å². The summed E-state index contributed by atoms with van der Waals surface area (Å²) in [6.45, 7) is 10.3. The monoisotopic (exact) mass is 251 g/mol. The van der Waals surface area contributed by atoms with E-state index in [1.807, 2.05) is 7.05 Å². The topological polar surface area (TPSA) is 27.6 Å². The summed E-state index contributed by atoms with van der Waals surface area (Å²) in [5, 5.41) is 3.53. The summed E-state index contributed by atoms with van der Waals surface area (Å²) in [6.07, 6.45) is 6.85. The lowest BCUT2D eigenvalue weighted by Gasteiger charge is -2.38. The van der Waals surface area contributed by atoms with Crippen LogP contribution in [0.5, 0.6) is 0 Å². The first-order chi connectivity index (χ1) is 8.44. The maximum Gasteiger partial charge on any atom is 0.193 e. The number of guanidine groups is 1. The fourth-order valence-electron chi connectivity index (χ4n) is 3.08. The van der Waals surface area contributed by atoms with E-state index in [-0.39, 0.29) is 0 Å². The average molecular weight is 251 g/mol. The lowest BCUT2D eigenvalue weighted by Crippen LogP contribution is -2.43. The van der Waals surface area contributed by atoms with E-state index in [2.05, 4.69) is 36.0 Å².